The van der Waals surface area contributed by atoms with Crippen molar-refractivity contribution >= 4 is 54.2 Å². The van der Waals surface area contributed by atoms with Crippen LogP contribution in [-0.2, 0) is 0 Å². The maximum Gasteiger partial charge on any atom is 0.207 e. The van der Waals surface area contributed by atoms with Gasteiger partial charge in [0, 0.05) is 18.6 Å². The number of rotatable bonds is 7. The molecule has 0 aliphatic heterocycles. The highest BCUT2D eigenvalue weighted by atomic mass is 35.5. The number of aliphatic imine (C=N–C) groups is 1. The Balaban J connectivity index is 1.57. The number of hydrogen-bond acceptors (Lipinski definition) is 5. The highest BCUT2D eigenvalue weighted by Crippen LogP contribution is 2.28. The third kappa shape index (κ3) is 6.62. The van der Waals surface area contributed by atoms with Crippen molar-refractivity contribution in [3.05, 3.63) is 40.0 Å². The zero-order chi connectivity index (χ0) is 22.4. The Hall–Kier alpha value is -2.25. The van der Waals surface area contributed by atoms with Gasteiger partial charge < -0.3 is 14.5 Å². The lowest BCUT2D eigenvalue weighted by molar-refractivity contribution is 0.171. The molecule has 1 heterocycles. The van der Waals surface area contributed by atoms with E-state index in [2.05, 4.69) is 22.1 Å². The van der Waals surface area contributed by atoms with Crippen LogP contribution in [0.5, 0.6) is 11.6 Å². The van der Waals surface area contributed by atoms with E-state index in [4.69, 9.17) is 32.8 Å². The van der Waals surface area contributed by atoms with Crippen LogP contribution in [0.25, 0.3) is 0 Å². The van der Waals surface area contributed by atoms with Crippen molar-refractivity contribution in [3.63, 3.8) is 0 Å². The third-order valence-corrected chi connectivity index (χ3v) is 5.71. The summed E-state index contributed by atoms with van der Waals surface area (Å²) >= 11 is 12.0. The predicted octanol–water partition coefficient (Wildman–Crippen LogP) is 4.32. The fraction of sp³-hybridized carbons (Fsp3) is 0.409. The van der Waals surface area contributed by atoms with Crippen LogP contribution >= 0.6 is 23.2 Å². The molecule has 1 aromatic carbocycles. The van der Waals surface area contributed by atoms with Crippen molar-refractivity contribution in [1.82, 2.24) is 9.88 Å². The number of ether oxygens (including phenoxy) is 1. The molecule has 1 aromatic heterocycles. The minimum atomic E-state index is 0.101. The molecule has 3 rings (SSSR count). The lowest BCUT2D eigenvalue weighted by Gasteiger charge is -2.24. The predicted molar refractivity (Wildman–Crippen MR) is 131 cm³/mol. The van der Waals surface area contributed by atoms with Crippen molar-refractivity contribution < 1.29 is 9.57 Å². The van der Waals surface area contributed by atoms with E-state index in [0.717, 1.165) is 54.8 Å². The van der Waals surface area contributed by atoms with Gasteiger partial charge >= 0.3 is 0 Å². The van der Waals surface area contributed by atoms with Gasteiger partial charge in [-0.05, 0) is 69.3 Å². The number of aryl methyl sites for hydroxylation is 1. The lowest BCUT2D eigenvalue weighted by Crippen LogP contribution is -2.27. The van der Waals surface area contributed by atoms with Crippen molar-refractivity contribution in [1.29, 1.82) is 0 Å². The molecule has 0 bridgehead atoms. The van der Waals surface area contributed by atoms with Crippen LogP contribution in [0.4, 0.5) is 5.69 Å². The maximum absolute atomic E-state index is 6.21. The average Bonchev–Trinajstić information content (AvgIpc) is 2.75. The van der Waals surface area contributed by atoms with E-state index >= 15 is 0 Å². The number of nitrogens with zero attached hydrogens (tertiary/aromatic N) is 4. The summed E-state index contributed by atoms with van der Waals surface area (Å²) in [6.07, 6.45) is 5.25. The number of oxime groups is 1. The molecule has 1 aliphatic carbocycles. The van der Waals surface area contributed by atoms with Crippen LogP contribution < -0.4 is 15.0 Å². The van der Waals surface area contributed by atoms with E-state index in [-0.39, 0.29) is 6.10 Å². The van der Waals surface area contributed by atoms with E-state index < -0.39 is 0 Å². The van der Waals surface area contributed by atoms with Gasteiger partial charge in [0.15, 0.2) is 5.75 Å². The first kappa shape index (κ1) is 23.4. The molecule has 9 heteroatoms. The van der Waals surface area contributed by atoms with E-state index in [9.17, 15) is 0 Å². The van der Waals surface area contributed by atoms with Gasteiger partial charge in [0.25, 0.3) is 0 Å². The molecule has 31 heavy (non-hydrogen) atoms. The van der Waals surface area contributed by atoms with Gasteiger partial charge in [0.05, 0.1) is 28.5 Å². The summed E-state index contributed by atoms with van der Waals surface area (Å²) in [5.41, 5.74) is 3.70. The average molecular weight is 461 g/mol. The van der Waals surface area contributed by atoms with Gasteiger partial charge in [0.2, 0.25) is 5.88 Å². The monoisotopic (exact) mass is 460 g/mol. The Labute approximate surface area is 194 Å². The van der Waals surface area contributed by atoms with Crippen LogP contribution in [0, 0.1) is 6.92 Å². The molecule has 1 aliphatic rings. The normalized spacial score (nSPS) is 16.4. The summed E-state index contributed by atoms with van der Waals surface area (Å²) in [5.74, 6) is 1.18. The summed E-state index contributed by atoms with van der Waals surface area (Å²) in [5, 5.41) is 5.28. The fourth-order valence-corrected chi connectivity index (χ4v) is 3.56. The smallest absolute Gasteiger partial charge is 0.207 e. The molecule has 0 N–H and O–H groups in total. The molecular formula is C22H27BCl2N4O2. The largest absolute Gasteiger partial charge is 0.475 e. The molecule has 0 atom stereocenters. The minimum Gasteiger partial charge on any atom is -0.475 e. The Bertz CT molecular complexity index is 974. The first-order chi connectivity index (χ1) is 14.9. The molecule has 0 radical (unpaired) electrons. The molecule has 1 saturated carbocycles. The number of hydrogen-bond donors (Lipinski definition) is 0. The third-order valence-electron chi connectivity index (χ3n) is 5.18. The van der Waals surface area contributed by atoms with Crippen molar-refractivity contribution in [2.75, 3.05) is 13.6 Å². The van der Waals surface area contributed by atoms with E-state index in [1.165, 1.54) is 0 Å². The van der Waals surface area contributed by atoms with E-state index in [1.54, 1.807) is 18.2 Å². The Morgan fingerprint density at radius 3 is 2.68 bits per heavy atom. The van der Waals surface area contributed by atoms with Crippen molar-refractivity contribution in [2.24, 2.45) is 10.1 Å². The topological polar surface area (TPSA) is 59.3 Å². The lowest BCUT2D eigenvalue weighted by atomic mass is 9.94. The summed E-state index contributed by atoms with van der Waals surface area (Å²) in [4.78, 5) is 16.7. The second kappa shape index (κ2) is 10.9. The van der Waals surface area contributed by atoms with Gasteiger partial charge in [-0.25, -0.2) is 9.98 Å². The van der Waals surface area contributed by atoms with Crippen LogP contribution in [0.15, 0.2) is 34.4 Å². The van der Waals surface area contributed by atoms with Crippen molar-refractivity contribution in [3.8, 4) is 11.6 Å². The molecule has 0 unspecified atom stereocenters. The van der Waals surface area contributed by atoms with Crippen LogP contribution in [0.1, 0.15) is 38.3 Å². The second-order valence-electron chi connectivity index (χ2n) is 7.67. The summed E-state index contributed by atoms with van der Waals surface area (Å²) in [7, 11) is 4.00. The molecule has 1 fully saturated rings. The van der Waals surface area contributed by atoms with Gasteiger partial charge in [0.1, 0.15) is 14.0 Å². The fourth-order valence-electron chi connectivity index (χ4n) is 3.12. The quantitative estimate of drug-likeness (QED) is 0.267. The van der Waals surface area contributed by atoms with Gasteiger partial charge in [-0.1, -0.05) is 28.4 Å². The minimum absolute atomic E-state index is 0.101. The first-order valence-corrected chi connectivity index (χ1v) is 11.2. The Kier molecular flexibility index (Phi) is 8.21. The molecule has 0 saturated heterocycles. The highest BCUT2D eigenvalue weighted by Gasteiger charge is 2.21. The van der Waals surface area contributed by atoms with Crippen LogP contribution in [0.2, 0.25) is 10.0 Å². The standard InChI is InChI=1S/C22H27BCl2N4O2/c1-4-29(3)13-26-20-12-18(23)22(27-14(20)2)30-17-8-6-16(7-9-17)28-31-21-10-5-15(24)11-19(21)25/h5,10-13,17H,4,6-9,23H2,1-3H3/b26-13+,28-16?. The van der Waals surface area contributed by atoms with Gasteiger partial charge in [-0.2, -0.15) is 0 Å². The number of benzene rings is 1. The van der Waals surface area contributed by atoms with Gasteiger partial charge in [-0.15, -0.1) is 0 Å². The van der Waals surface area contributed by atoms with E-state index in [1.807, 2.05) is 39.1 Å². The molecule has 2 aromatic rings. The molecule has 164 valence electrons. The van der Waals surface area contributed by atoms with Gasteiger partial charge in [-0.3, -0.25) is 0 Å². The molecular weight excluding hydrogens is 434 g/mol. The summed E-state index contributed by atoms with van der Waals surface area (Å²) in [6, 6.07) is 7.11. The Morgan fingerprint density at radius 1 is 1.26 bits per heavy atom. The first-order valence-electron chi connectivity index (χ1n) is 10.4. The number of aromatic nitrogens is 1. The zero-order valence-electron chi connectivity index (χ0n) is 18.4. The second-order valence-corrected chi connectivity index (χ2v) is 8.52. The SMILES string of the molecule is Bc1cc(/N=C/N(C)CC)c(C)nc1OC1CCC(=NOc2ccc(Cl)cc2Cl)CC1. The zero-order valence-corrected chi connectivity index (χ0v) is 19.9. The summed E-state index contributed by atoms with van der Waals surface area (Å²) in [6.45, 7) is 4.94. The number of pyridine rings is 1. The van der Waals surface area contributed by atoms with E-state index in [0.29, 0.717) is 21.7 Å². The Morgan fingerprint density at radius 2 is 2.00 bits per heavy atom. The van der Waals surface area contributed by atoms with Crippen molar-refractivity contribution in [2.45, 2.75) is 45.6 Å². The molecule has 6 nitrogen and oxygen atoms in total. The molecule has 0 spiro atoms. The number of halogens is 2. The summed E-state index contributed by atoms with van der Waals surface area (Å²) < 4.78 is 6.21. The van der Waals surface area contributed by atoms with Crippen LogP contribution in [-0.4, -0.2) is 49.5 Å². The maximum atomic E-state index is 6.21. The molecule has 0 amide bonds. The highest BCUT2D eigenvalue weighted by molar-refractivity contribution is 6.35. The van der Waals surface area contributed by atoms with Crippen LogP contribution in [0.3, 0.4) is 0 Å².